The lowest BCUT2D eigenvalue weighted by Gasteiger charge is -2.16. The number of methoxy groups -OCH3 is 2. The molecule has 0 spiro atoms. The molecule has 0 atom stereocenters. The third kappa shape index (κ3) is 3.15. The van der Waals surface area contributed by atoms with Crippen molar-refractivity contribution < 1.29 is 23.9 Å². The average Bonchev–Trinajstić information content (AvgIpc) is 2.88. The van der Waals surface area contributed by atoms with Crippen LogP contribution in [0.1, 0.15) is 20.7 Å². The van der Waals surface area contributed by atoms with Crippen LogP contribution < -0.4 is 14.8 Å². The summed E-state index contributed by atoms with van der Waals surface area (Å²) in [5.74, 6) is -0.584. The quantitative estimate of drug-likeness (QED) is 0.754. The van der Waals surface area contributed by atoms with E-state index in [1.54, 1.807) is 36.4 Å². The summed E-state index contributed by atoms with van der Waals surface area (Å²) >= 11 is 3.34. The number of hydrogen-bond donors (Lipinski definition) is 1. The zero-order valence-electron chi connectivity index (χ0n) is 14.0. The number of carbonyl (C=O) groups is 3. The molecular formula is C18H15BrN2O5. The number of ether oxygens (including phenoxy) is 2. The zero-order valence-corrected chi connectivity index (χ0v) is 15.6. The topological polar surface area (TPSA) is 84.9 Å². The van der Waals surface area contributed by atoms with Gasteiger partial charge in [-0.25, -0.2) is 0 Å². The van der Waals surface area contributed by atoms with Gasteiger partial charge in [-0.05, 0) is 28.1 Å². The van der Waals surface area contributed by atoms with Gasteiger partial charge in [0, 0.05) is 12.1 Å². The number of anilines is 1. The van der Waals surface area contributed by atoms with Crippen LogP contribution in [0.5, 0.6) is 11.5 Å². The van der Waals surface area contributed by atoms with Crippen LogP contribution in [0, 0.1) is 0 Å². The molecule has 3 amide bonds. The maximum Gasteiger partial charge on any atom is 0.262 e. The van der Waals surface area contributed by atoms with Gasteiger partial charge < -0.3 is 14.8 Å². The van der Waals surface area contributed by atoms with Crippen LogP contribution in [0.2, 0.25) is 0 Å². The number of imide groups is 1. The lowest BCUT2D eigenvalue weighted by Crippen LogP contribution is -2.37. The molecule has 8 heteroatoms. The molecule has 3 rings (SSSR count). The maximum absolute atomic E-state index is 12.4. The summed E-state index contributed by atoms with van der Waals surface area (Å²) in [6.45, 7) is -0.395. The summed E-state index contributed by atoms with van der Waals surface area (Å²) in [6, 6.07) is 9.71. The number of halogens is 1. The minimum atomic E-state index is -0.526. The minimum Gasteiger partial charge on any atom is -0.495 e. The first-order chi connectivity index (χ1) is 12.5. The summed E-state index contributed by atoms with van der Waals surface area (Å²) in [4.78, 5) is 38.0. The van der Waals surface area contributed by atoms with Crippen molar-refractivity contribution in [1.29, 1.82) is 0 Å². The number of nitrogens with one attached hydrogen (secondary N) is 1. The Kier molecular flexibility index (Phi) is 4.94. The molecule has 2 aromatic carbocycles. The number of hydrogen-bond acceptors (Lipinski definition) is 5. The molecule has 7 nitrogen and oxygen atoms in total. The first-order valence-corrected chi connectivity index (χ1v) is 8.42. The molecule has 0 unspecified atom stereocenters. The Morgan fingerprint density at radius 3 is 2.15 bits per heavy atom. The summed E-state index contributed by atoms with van der Waals surface area (Å²) in [6.07, 6.45) is 0. The molecule has 0 bridgehead atoms. The van der Waals surface area contributed by atoms with Crippen LogP contribution in [-0.4, -0.2) is 43.4 Å². The smallest absolute Gasteiger partial charge is 0.262 e. The number of fused-ring (bicyclic) bond motifs is 1. The van der Waals surface area contributed by atoms with E-state index in [0.29, 0.717) is 32.8 Å². The van der Waals surface area contributed by atoms with Crippen molar-refractivity contribution in [3.8, 4) is 11.5 Å². The SMILES string of the molecule is COc1cc(NC(=O)CN2C(=O)c3ccccc3C2=O)c(OC)cc1Br. The van der Waals surface area contributed by atoms with Crippen LogP contribution in [0.3, 0.4) is 0 Å². The fraction of sp³-hybridized carbons (Fsp3) is 0.167. The third-order valence-corrected chi connectivity index (χ3v) is 4.55. The second-order valence-corrected chi connectivity index (χ2v) is 6.33. The van der Waals surface area contributed by atoms with E-state index < -0.39 is 24.3 Å². The Morgan fingerprint density at radius 2 is 1.62 bits per heavy atom. The molecule has 0 saturated heterocycles. The predicted octanol–water partition coefficient (Wildman–Crippen LogP) is 2.70. The van der Waals surface area contributed by atoms with Gasteiger partial charge in [-0.1, -0.05) is 12.1 Å². The van der Waals surface area contributed by atoms with Crippen molar-refractivity contribution in [3.05, 3.63) is 52.0 Å². The number of benzene rings is 2. The number of nitrogens with zero attached hydrogens (tertiary/aromatic N) is 1. The second kappa shape index (κ2) is 7.17. The van der Waals surface area contributed by atoms with Crippen molar-refractivity contribution in [1.82, 2.24) is 4.90 Å². The van der Waals surface area contributed by atoms with Gasteiger partial charge in [0.05, 0.1) is 35.5 Å². The molecule has 0 aromatic heterocycles. The largest absolute Gasteiger partial charge is 0.495 e. The van der Waals surface area contributed by atoms with Crippen molar-refractivity contribution in [2.24, 2.45) is 0 Å². The molecule has 26 heavy (non-hydrogen) atoms. The zero-order chi connectivity index (χ0) is 18.8. The van der Waals surface area contributed by atoms with Crippen molar-refractivity contribution in [2.45, 2.75) is 0 Å². The third-order valence-electron chi connectivity index (χ3n) is 3.93. The molecule has 1 heterocycles. The Labute approximate surface area is 158 Å². The average molecular weight is 419 g/mol. The minimum absolute atomic E-state index is 0.299. The highest BCUT2D eigenvalue weighted by molar-refractivity contribution is 9.10. The fourth-order valence-corrected chi connectivity index (χ4v) is 3.16. The van der Waals surface area contributed by atoms with E-state index in [9.17, 15) is 14.4 Å². The Morgan fingerprint density at radius 1 is 1.04 bits per heavy atom. The first kappa shape index (κ1) is 17.9. The molecule has 0 saturated carbocycles. The lowest BCUT2D eigenvalue weighted by atomic mass is 10.1. The van der Waals surface area contributed by atoms with Gasteiger partial charge in [0.25, 0.3) is 11.8 Å². The molecule has 134 valence electrons. The fourth-order valence-electron chi connectivity index (χ4n) is 2.67. The summed E-state index contributed by atoms with van der Waals surface area (Å²) in [7, 11) is 2.96. The van der Waals surface area contributed by atoms with E-state index in [2.05, 4.69) is 21.2 Å². The van der Waals surface area contributed by atoms with Gasteiger partial charge in [0.1, 0.15) is 18.0 Å². The highest BCUT2D eigenvalue weighted by atomic mass is 79.9. The molecule has 1 aliphatic rings. The Hall–Kier alpha value is -2.87. The van der Waals surface area contributed by atoms with Gasteiger partial charge in [-0.3, -0.25) is 19.3 Å². The monoisotopic (exact) mass is 418 g/mol. The number of rotatable bonds is 5. The molecule has 0 aliphatic carbocycles. The van der Waals surface area contributed by atoms with Crippen LogP contribution in [0.4, 0.5) is 5.69 Å². The molecule has 2 aromatic rings. The summed E-state index contributed by atoms with van der Waals surface area (Å²) in [5, 5.41) is 2.65. The molecule has 0 fully saturated rings. The second-order valence-electron chi connectivity index (χ2n) is 5.48. The van der Waals surface area contributed by atoms with Crippen molar-refractivity contribution in [3.63, 3.8) is 0 Å². The standard InChI is InChI=1S/C18H15BrN2O5/c1-25-14-8-13(15(26-2)7-12(14)19)20-16(22)9-21-17(23)10-5-3-4-6-11(10)18(21)24/h3-8H,9H2,1-2H3,(H,20,22). The van der Waals surface area contributed by atoms with Crippen LogP contribution in [0.25, 0.3) is 0 Å². The first-order valence-electron chi connectivity index (χ1n) is 7.63. The van der Waals surface area contributed by atoms with Gasteiger partial charge in [-0.15, -0.1) is 0 Å². The lowest BCUT2D eigenvalue weighted by molar-refractivity contribution is -0.116. The van der Waals surface area contributed by atoms with Gasteiger partial charge in [-0.2, -0.15) is 0 Å². The van der Waals surface area contributed by atoms with Crippen molar-refractivity contribution in [2.75, 3.05) is 26.1 Å². The van der Waals surface area contributed by atoms with E-state index in [4.69, 9.17) is 9.47 Å². The Bertz CT molecular complexity index is 877. The van der Waals surface area contributed by atoms with E-state index in [1.807, 2.05) is 0 Å². The highest BCUT2D eigenvalue weighted by Crippen LogP contribution is 2.36. The molecule has 0 radical (unpaired) electrons. The van der Waals surface area contributed by atoms with Gasteiger partial charge in [0.15, 0.2) is 0 Å². The maximum atomic E-state index is 12.4. The molecule has 1 N–H and O–H groups in total. The van der Waals surface area contributed by atoms with E-state index in [0.717, 1.165) is 4.90 Å². The number of carbonyl (C=O) groups excluding carboxylic acids is 3. The predicted molar refractivity (Wildman–Crippen MR) is 97.7 cm³/mol. The highest BCUT2D eigenvalue weighted by Gasteiger charge is 2.36. The van der Waals surface area contributed by atoms with Crippen molar-refractivity contribution >= 4 is 39.3 Å². The van der Waals surface area contributed by atoms with Crippen LogP contribution >= 0.6 is 15.9 Å². The molecular weight excluding hydrogens is 404 g/mol. The summed E-state index contributed by atoms with van der Waals surface area (Å²) < 4.78 is 11.1. The van der Waals surface area contributed by atoms with E-state index >= 15 is 0 Å². The van der Waals surface area contributed by atoms with E-state index in [-0.39, 0.29) is 0 Å². The number of amides is 3. The van der Waals surface area contributed by atoms with E-state index in [1.165, 1.54) is 14.2 Å². The van der Waals surface area contributed by atoms with Crippen LogP contribution in [0.15, 0.2) is 40.9 Å². The van der Waals surface area contributed by atoms with Crippen LogP contribution in [-0.2, 0) is 4.79 Å². The van der Waals surface area contributed by atoms with Gasteiger partial charge >= 0.3 is 0 Å². The molecule has 1 aliphatic heterocycles. The Balaban J connectivity index is 1.78. The van der Waals surface area contributed by atoms with Gasteiger partial charge in [0.2, 0.25) is 5.91 Å². The normalized spacial score (nSPS) is 12.8. The summed E-state index contributed by atoms with van der Waals surface area (Å²) in [5.41, 5.74) is 0.968.